The van der Waals surface area contributed by atoms with E-state index in [1.54, 1.807) is 0 Å². The molecular formula is C7H5NNaO6S. The molecule has 0 bridgehead atoms. The van der Waals surface area contributed by atoms with Gasteiger partial charge in [0.15, 0.2) is 6.29 Å². The summed E-state index contributed by atoms with van der Waals surface area (Å²) in [6.07, 6.45) is 0.187. The van der Waals surface area contributed by atoms with Crippen molar-refractivity contribution in [2.24, 2.45) is 0 Å². The summed E-state index contributed by atoms with van der Waals surface area (Å²) in [5.74, 6) is 0. The molecule has 0 aliphatic heterocycles. The van der Waals surface area contributed by atoms with Gasteiger partial charge < -0.3 is 0 Å². The Hall–Kier alpha value is -0.800. The van der Waals surface area contributed by atoms with Crippen LogP contribution in [0.2, 0.25) is 0 Å². The number of aldehydes is 1. The second-order valence-electron chi connectivity index (χ2n) is 2.57. The maximum Gasteiger partial charge on any atom is 0.295 e. The van der Waals surface area contributed by atoms with E-state index < -0.39 is 25.6 Å². The van der Waals surface area contributed by atoms with E-state index in [1.165, 1.54) is 0 Å². The van der Waals surface area contributed by atoms with Gasteiger partial charge in [0.25, 0.3) is 15.8 Å². The number of hydrogen-bond donors (Lipinski definition) is 1. The molecule has 1 rings (SSSR count). The molecule has 0 amide bonds. The van der Waals surface area contributed by atoms with E-state index in [9.17, 15) is 23.3 Å². The largest absolute Gasteiger partial charge is 0.298 e. The van der Waals surface area contributed by atoms with E-state index in [0.717, 1.165) is 12.1 Å². The zero-order valence-corrected chi connectivity index (χ0v) is 11.0. The standard InChI is InChI=1S/C7H5NO6S.Na/c9-4-5-1-2-6(8(10)11)3-7(5)15(12,13)14;/h1-4H,(H,12,13,14);. The molecule has 1 aromatic carbocycles. The number of carbonyl (C=O) groups excluding carboxylic acids is 1. The van der Waals surface area contributed by atoms with Gasteiger partial charge in [-0.2, -0.15) is 8.42 Å². The maximum atomic E-state index is 10.8. The van der Waals surface area contributed by atoms with E-state index in [4.69, 9.17) is 4.55 Å². The topological polar surface area (TPSA) is 115 Å². The Labute approximate surface area is 113 Å². The van der Waals surface area contributed by atoms with E-state index in [0.29, 0.717) is 6.07 Å². The summed E-state index contributed by atoms with van der Waals surface area (Å²) in [6, 6.07) is 2.55. The average molecular weight is 254 g/mol. The van der Waals surface area contributed by atoms with Crippen molar-refractivity contribution >= 4 is 51.6 Å². The number of non-ortho nitro benzene ring substituents is 1. The quantitative estimate of drug-likeness (QED) is 0.272. The molecule has 1 aromatic rings. The predicted molar refractivity (Wildman–Crippen MR) is 54.1 cm³/mol. The minimum atomic E-state index is -4.64. The SMILES string of the molecule is O=Cc1ccc([N+](=O)[O-])cc1S(=O)(=O)O.[Na]. The zero-order chi connectivity index (χ0) is 11.6. The van der Waals surface area contributed by atoms with Gasteiger partial charge in [0.1, 0.15) is 4.90 Å². The van der Waals surface area contributed by atoms with Crippen molar-refractivity contribution in [3.8, 4) is 0 Å². The van der Waals surface area contributed by atoms with Gasteiger partial charge in [-0.15, -0.1) is 0 Å². The van der Waals surface area contributed by atoms with Crippen molar-refractivity contribution in [3.63, 3.8) is 0 Å². The van der Waals surface area contributed by atoms with Gasteiger partial charge in [-0.3, -0.25) is 19.5 Å². The monoisotopic (exact) mass is 254 g/mol. The molecule has 0 heterocycles. The smallest absolute Gasteiger partial charge is 0.295 e. The number of carbonyl (C=O) groups is 1. The van der Waals surface area contributed by atoms with Crippen LogP contribution in [0.15, 0.2) is 23.1 Å². The molecule has 0 aliphatic rings. The third kappa shape index (κ3) is 3.35. The summed E-state index contributed by atoms with van der Waals surface area (Å²) in [5.41, 5.74) is -0.851. The Kier molecular flexibility index (Phi) is 5.23. The normalized spacial score (nSPS) is 10.3. The van der Waals surface area contributed by atoms with Crippen molar-refractivity contribution in [3.05, 3.63) is 33.9 Å². The van der Waals surface area contributed by atoms with Crippen molar-refractivity contribution in [2.75, 3.05) is 0 Å². The minimum absolute atomic E-state index is 0. The Morgan fingerprint density at radius 2 is 1.94 bits per heavy atom. The number of benzene rings is 1. The minimum Gasteiger partial charge on any atom is -0.298 e. The van der Waals surface area contributed by atoms with Gasteiger partial charge in [0.2, 0.25) is 0 Å². The van der Waals surface area contributed by atoms with Gasteiger partial charge in [0, 0.05) is 47.3 Å². The Morgan fingerprint density at radius 3 is 2.31 bits per heavy atom. The Morgan fingerprint density at radius 1 is 1.38 bits per heavy atom. The zero-order valence-electron chi connectivity index (χ0n) is 8.15. The third-order valence-electron chi connectivity index (χ3n) is 1.61. The number of hydrogen-bond acceptors (Lipinski definition) is 5. The summed E-state index contributed by atoms with van der Waals surface area (Å²) < 4.78 is 30.2. The van der Waals surface area contributed by atoms with E-state index in [-0.39, 0.29) is 41.4 Å². The number of nitro benzene ring substituents is 1. The summed E-state index contributed by atoms with van der Waals surface area (Å²) >= 11 is 0. The first-order valence-corrected chi connectivity index (χ1v) is 5.01. The van der Waals surface area contributed by atoms with Crippen LogP contribution in [0.4, 0.5) is 5.69 Å². The van der Waals surface area contributed by atoms with E-state index in [2.05, 4.69) is 0 Å². The summed E-state index contributed by atoms with van der Waals surface area (Å²) in [6.45, 7) is 0. The molecule has 1 N–H and O–H groups in total. The molecule has 0 unspecified atom stereocenters. The molecule has 0 atom stereocenters. The first-order valence-electron chi connectivity index (χ1n) is 3.57. The number of nitrogens with zero attached hydrogens (tertiary/aromatic N) is 1. The fourth-order valence-electron chi connectivity index (χ4n) is 0.957. The maximum absolute atomic E-state index is 10.8. The van der Waals surface area contributed by atoms with Crippen LogP contribution in [0, 0.1) is 10.1 Å². The predicted octanol–water partition coefficient (Wildman–Crippen LogP) is 0.273. The van der Waals surface area contributed by atoms with E-state index >= 15 is 0 Å². The molecule has 0 spiro atoms. The first-order chi connectivity index (χ1) is 6.86. The van der Waals surface area contributed by atoms with Crippen LogP contribution in [0.1, 0.15) is 10.4 Å². The molecule has 0 saturated carbocycles. The van der Waals surface area contributed by atoms with Crippen molar-refractivity contribution < 1.29 is 22.7 Å². The molecule has 1 radical (unpaired) electrons. The molecule has 0 fully saturated rings. The second kappa shape index (κ2) is 5.51. The fraction of sp³-hybridized carbons (Fsp3) is 0. The average Bonchev–Trinajstić information content (AvgIpc) is 2.15. The molecule has 0 saturated heterocycles. The van der Waals surface area contributed by atoms with Crippen LogP contribution in [-0.2, 0) is 10.1 Å². The third-order valence-corrected chi connectivity index (χ3v) is 2.52. The summed E-state index contributed by atoms with van der Waals surface area (Å²) in [4.78, 5) is 19.1. The summed E-state index contributed by atoms with van der Waals surface area (Å²) in [7, 11) is -4.64. The molecule has 0 aromatic heterocycles. The van der Waals surface area contributed by atoms with E-state index in [1.807, 2.05) is 0 Å². The first kappa shape index (κ1) is 15.2. The van der Waals surface area contributed by atoms with Crippen LogP contribution in [0.3, 0.4) is 0 Å². The van der Waals surface area contributed by atoms with Crippen molar-refractivity contribution in [1.29, 1.82) is 0 Å². The molecule has 0 aliphatic carbocycles. The van der Waals surface area contributed by atoms with Crippen LogP contribution in [-0.4, -0.2) is 53.7 Å². The molecular weight excluding hydrogens is 249 g/mol. The van der Waals surface area contributed by atoms with Gasteiger partial charge >= 0.3 is 0 Å². The number of rotatable bonds is 3. The van der Waals surface area contributed by atoms with Crippen LogP contribution >= 0.6 is 0 Å². The molecule has 16 heavy (non-hydrogen) atoms. The Bertz CT molecular complexity index is 526. The van der Waals surface area contributed by atoms with Gasteiger partial charge in [-0.1, -0.05) is 0 Å². The Balaban J connectivity index is 0.00000225. The second-order valence-corrected chi connectivity index (χ2v) is 3.96. The van der Waals surface area contributed by atoms with Crippen molar-refractivity contribution in [2.45, 2.75) is 4.90 Å². The van der Waals surface area contributed by atoms with Crippen molar-refractivity contribution in [1.82, 2.24) is 0 Å². The van der Waals surface area contributed by atoms with Crippen LogP contribution < -0.4 is 0 Å². The van der Waals surface area contributed by atoms with Crippen LogP contribution in [0.5, 0.6) is 0 Å². The van der Waals surface area contributed by atoms with Gasteiger partial charge in [-0.25, -0.2) is 0 Å². The van der Waals surface area contributed by atoms with Gasteiger partial charge in [-0.05, 0) is 6.07 Å². The summed E-state index contributed by atoms with van der Waals surface area (Å²) in [5, 5.41) is 10.3. The fourth-order valence-corrected chi connectivity index (χ4v) is 1.64. The molecule has 7 nitrogen and oxygen atoms in total. The van der Waals surface area contributed by atoms with Crippen LogP contribution in [0.25, 0.3) is 0 Å². The number of nitro groups is 1. The molecule has 81 valence electrons. The van der Waals surface area contributed by atoms with Gasteiger partial charge in [0.05, 0.1) is 4.92 Å². The molecule has 9 heteroatoms.